The topological polar surface area (TPSA) is 75.0 Å². The summed E-state index contributed by atoms with van der Waals surface area (Å²) in [7, 11) is 5.34. The fourth-order valence-corrected chi connectivity index (χ4v) is 6.18. The third-order valence-electron chi connectivity index (χ3n) is 7.04. The molecule has 1 aliphatic carbocycles. The van der Waals surface area contributed by atoms with Gasteiger partial charge in [-0.2, -0.15) is 0 Å². The van der Waals surface area contributed by atoms with Crippen LogP contribution in [0.3, 0.4) is 0 Å². The standard InChI is InChI=1S/C26H26Cl2N2O4/c1-30(2)14-18-21(15-7-5-4-6-8-15)26(16-9-11-17(27)12-10-16)25(32,23(18)31)22-19(34-26)13-20(28)29-24(22)33-3/h4-13,18,21,23,31-32H,14H2,1-3H3/t18-,21-,23-,25+,26+/m1/s1. The second kappa shape index (κ2) is 8.40. The van der Waals surface area contributed by atoms with E-state index in [4.69, 9.17) is 32.7 Å². The summed E-state index contributed by atoms with van der Waals surface area (Å²) in [5.74, 6) is -0.352. The van der Waals surface area contributed by atoms with E-state index in [9.17, 15) is 10.2 Å². The van der Waals surface area contributed by atoms with Crippen LogP contribution in [0.4, 0.5) is 0 Å². The number of halogens is 2. The number of aromatic nitrogens is 1. The Balaban J connectivity index is 1.87. The van der Waals surface area contributed by atoms with Crippen molar-refractivity contribution in [1.82, 2.24) is 9.88 Å². The molecular formula is C26H26Cl2N2O4. The van der Waals surface area contributed by atoms with Gasteiger partial charge in [0, 0.05) is 29.5 Å². The van der Waals surface area contributed by atoms with Gasteiger partial charge >= 0.3 is 0 Å². The van der Waals surface area contributed by atoms with E-state index in [0.717, 1.165) is 5.56 Å². The fourth-order valence-electron chi connectivity index (χ4n) is 5.87. The number of rotatable bonds is 5. The Morgan fingerprint density at radius 1 is 1.09 bits per heavy atom. The van der Waals surface area contributed by atoms with Crippen molar-refractivity contribution in [1.29, 1.82) is 0 Å². The number of ether oxygens (including phenoxy) is 2. The second-order valence-electron chi connectivity index (χ2n) is 9.20. The van der Waals surface area contributed by atoms with E-state index in [-0.39, 0.29) is 17.0 Å². The van der Waals surface area contributed by atoms with Crippen molar-refractivity contribution in [3.63, 3.8) is 0 Å². The summed E-state index contributed by atoms with van der Waals surface area (Å²) >= 11 is 12.5. The highest BCUT2D eigenvalue weighted by atomic mass is 35.5. The summed E-state index contributed by atoms with van der Waals surface area (Å²) < 4.78 is 12.3. The van der Waals surface area contributed by atoms with Gasteiger partial charge in [0.25, 0.3) is 0 Å². The normalized spacial score (nSPS) is 29.6. The van der Waals surface area contributed by atoms with Crippen LogP contribution in [0.15, 0.2) is 60.7 Å². The number of hydrogen-bond donors (Lipinski definition) is 2. The lowest BCUT2D eigenvalue weighted by Crippen LogP contribution is -2.52. The maximum Gasteiger partial charge on any atom is 0.224 e. The maximum absolute atomic E-state index is 12.7. The Hall–Kier alpha value is -2.35. The minimum Gasteiger partial charge on any atom is -0.481 e. The Morgan fingerprint density at radius 2 is 1.76 bits per heavy atom. The molecule has 34 heavy (non-hydrogen) atoms. The smallest absolute Gasteiger partial charge is 0.224 e. The molecule has 1 fully saturated rings. The monoisotopic (exact) mass is 500 g/mol. The highest BCUT2D eigenvalue weighted by Gasteiger charge is 2.76. The molecule has 2 heterocycles. The molecule has 3 aromatic rings. The number of fused-ring (bicyclic) bond motifs is 3. The molecule has 1 saturated carbocycles. The molecule has 8 heteroatoms. The zero-order chi connectivity index (χ0) is 24.3. The Bertz CT molecular complexity index is 1210. The van der Waals surface area contributed by atoms with Crippen molar-refractivity contribution < 1.29 is 19.7 Å². The molecule has 0 spiro atoms. The molecule has 0 radical (unpaired) electrons. The molecule has 0 bridgehead atoms. The van der Waals surface area contributed by atoms with Crippen molar-refractivity contribution in [2.45, 2.75) is 23.2 Å². The summed E-state index contributed by atoms with van der Waals surface area (Å²) in [5.41, 5.74) is -1.35. The van der Waals surface area contributed by atoms with Crippen molar-refractivity contribution in [3.05, 3.63) is 87.5 Å². The van der Waals surface area contributed by atoms with Gasteiger partial charge in [-0.3, -0.25) is 0 Å². The quantitative estimate of drug-likeness (QED) is 0.511. The Labute approximate surface area is 208 Å². The highest BCUT2D eigenvalue weighted by Crippen LogP contribution is 2.69. The van der Waals surface area contributed by atoms with E-state index in [0.29, 0.717) is 28.4 Å². The summed E-state index contributed by atoms with van der Waals surface area (Å²) in [5, 5.41) is 25.3. The summed E-state index contributed by atoms with van der Waals surface area (Å²) in [6.07, 6.45) is -1.20. The SMILES string of the molecule is COc1nc(Cl)cc2c1[C@]1(O)[C@H](O)[C@H](CN(C)C)[C@@H](c3ccccc3)[C@]1(c1ccc(Cl)cc1)O2. The van der Waals surface area contributed by atoms with Crippen LogP contribution in [0.5, 0.6) is 11.6 Å². The Morgan fingerprint density at radius 3 is 2.38 bits per heavy atom. The van der Waals surface area contributed by atoms with E-state index in [1.54, 1.807) is 18.2 Å². The van der Waals surface area contributed by atoms with Crippen molar-refractivity contribution in [2.24, 2.45) is 5.92 Å². The molecule has 1 aliphatic heterocycles. The number of hydrogen-bond acceptors (Lipinski definition) is 6. The third kappa shape index (κ3) is 3.17. The first-order valence-electron chi connectivity index (χ1n) is 11.0. The third-order valence-corrected chi connectivity index (χ3v) is 7.48. The van der Waals surface area contributed by atoms with E-state index in [1.165, 1.54) is 7.11 Å². The van der Waals surface area contributed by atoms with Gasteiger partial charge in [-0.05, 0) is 37.4 Å². The molecule has 0 unspecified atom stereocenters. The van der Waals surface area contributed by atoms with E-state index < -0.39 is 23.2 Å². The lowest BCUT2D eigenvalue weighted by molar-refractivity contribution is -0.152. The molecule has 2 N–H and O–H groups in total. The minimum absolute atomic E-state index is 0.122. The van der Waals surface area contributed by atoms with Crippen LogP contribution in [0.2, 0.25) is 10.2 Å². The molecule has 0 amide bonds. The molecule has 5 atom stereocenters. The van der Waals surface area contributed by atoms with Gasteiger partial charge in [0.1, 0.15) is 10.9 Å². The number of benzene rings is 2. The van der Waals surface area contributed by atoms with Crippen LogP contribution >= 0.6 is 23.2 Å². The molecule has 6 nitrogen and oxygen atoms in total. The predicted octanol–water partition coefficient (Wildman–Crippen LogP) is 4.21. The van der Waals surface area contributed by atoms with Crippen LogP contribution in [0.1, 0.15) is 22.6 Å². The molecule has 1 aromatic heterocycles. The molecule has 0 saturated heterocycles. The number of nitrogens with zero attached hydrogens (tertiary/aromatic N) is 2. The van der Waals surface area contributed by atoms with Gasteiger partial charge in [0.2, 0.25) is 5.88 Å². The number of pyridine rings is 1. The number of aliphatic hydroxyl groups is 2. The highest BCUT2D eigenvalue weighted by molar-refractivity contribution is 6.30. The number of methoxy groups -OCH3 is 1. The van der Waals surface area contributed by atoms with Gasteiger partial charge in [-0.15, -0.1) is 0 Å². The van der Waals surface area contributed by atoms with Crippen molar-refractivity contribution >= 4 is 23.2 Å². The van der Waals surface area contributed by atoms with E-state index in [2.05, 4.69) is 4.98 Å². The summed E-state index contributed by atoms with van der Waals surface area (Å²) in [4.78, 5) is 6.29. The fraction of sp³-hybridized carbons (Fsp3) is 0.346. The molecule has 178 valence electrons. The first-order chi connectivity index (χ1) is 16.2. The van der Waals surface area contributed by atoms with Crippen LogP contribution < -0.4 is 9.47 Å². The van der Waals surface area contributed by atoms with Crippen molar-refractivity contribution in [2.75, 3.05) is 27.7 Å². The average Bonchev–Trinajstić information content (AvgIpc) is 3.17. The van der Waals surface area contributed by atoms with Gasteiger partial charge < -0.3 is 24.6 Å². The first-order valence-corrected chi connectivity index (χ1v) is 11.8. The summed E-state index contributed by atoms with van der Waals surface area (Å²) in [6.45, 7) is 0.514. The van der Waals surface area contributed by atoms with E-state index in [1.807, 2.05) is 61.5 Å². The van der Waals surface area contributed by atoms with Gasteiger partial charge in [-0.1, -0.05) is 65.7 Å². The van der Waals surface area contributed by atoms with Crippen LogP contribution in [-0.4, -0.2) is 54.0 Å². The molecular weight excluding hydrogens is 475 g/mol. The average molecular weight is 501 g/mol. The lowest BCUT2D eigenvalue weighted by Gasteiger charge is -2.41. The number of aliphatic hydroxyl groups excluding tert-OH is 1. The lowest BCUT2D eigenvalue weighted by atomic mass is 9.71. The predicted molar refractivity (Wildman–Crippen MR) is 131 cm³/mol. The molecule has 2 aromatic carbocycles. The zero-order valence-corrected chi connectivity index (χ0v) is 20.6. The van der Waals surface area contributed by atoms with Crippen LogP contribution in [0, 0.1) is 5.92 Å². The summed E-state index contributed by atoms with van der Waals surface area (Å²) in [6, 6.07) is 18.6. The second-order valence-corrected chi connectivity index (χ2v) is 10.0. The Kier molecular flexibility index (Phi) is 5.78. The largest absolute Gasteiger partial charge is 0.481 e. The van der Waals surface area contributed by atoms with Crippen LogP contribution in [-0.2, 0) is 11.2 Å². The molecule has 5 rings (SSSR count). The van der Waals surface area contributed by atoms with Gasteiger partial charge in [0.15, 0.2) is 11.2 Å². The molecule has 2 aliphatic rings. The van der Waals surface area contributed by atoms with E-state index >= 15 is 0 Å². The van der Waals surface area contributed by atoms with Crippen LogP contribution in [0.25, 0.3) is 0 Å². The maximum atomic E-state index is 12.7. The van der Waals surface area contributed by atoms with Gasteiger partial charge in [0.05, 0.1) is 18.8 Å². The van der Waals surface area contributed by atoms with Crippen molar-refractivity contribution in [3.8, 4) is 11.6 Å². The zero-order valence-electron chi connectivity index (χ0n) is 19.1. The van der Waals surface area contributed by atoms with Gasteiger partial charge in [-0.25, -0.2) is 4.98 Å². The minimum atomic E-state index is -1.87. The first kappa shape index (κ1) is 23.4.